The number of halogens is 15. The van der Waals surface area contributed by atoms with Crippen molar-refractivity contribution in [3.63, 3.8) is 0 Å². The second-order valence-corrected chi connectivity index (χ2v) is 27.6. The molecular formula is C65H62ClF14N8NaO10S6. The monoisotopic (exact) mass is 1630 g/mol. The third-order valence-corrected chi connectivity index (χ3v) is 15.4. The topological polar surface area (TPSA) is 277 Å². The molecule has 2 amide bonds. The van der Waals surface area contributed by atoms with Crippen molar-refractivity contribution in [2.45, 2.75) is 88.0 Å². The maximum Gasteiger partial charge on any atom is 1.00 e. The van der Waals surface area contributed by atoms with E-state index in [4.69, 9.17) is 34.7 Å². The van der Waals surface area contributed by atoms with Crippen molar-refractivity contribution < 1.29 is 137 Å². The van der Waals surface area contributed by atoms with Crippen LogP contribution in [0.3, 0.4) is 0 Å². The molecule has 0 bridgehead atoms. The van der Waals surface area contributed by atoms with Crippen molar-refractivity contribution in [2.24, 2.45) is 0 Å². The summed E-state index contributed by atoms with van der Waals surface area (Å²) < 4.78 is 229. The molecule has 18 nitrogen and oxygen atoms in total. The van der Waals surface area contributed by atoms with Crippen LogP contribution in [0, 0.1) is 36.3 Å². The van der Waals surface area contributed by atoms with Crippen molar-refractivity contribution in [3.05, 3.63) is 181 Å². The van der Waals surface area contributed by atoms with E-state index in [9.17, 15) is 97.5 Å². The van der Waals surface area contributed by atoms with Crippen LogP contribution in [0.1, 0.15) is 102 Å². The summed E-state index contributed by atoms with van der Waals surface area (Å²) in [6.45, 7) is 6.97. The van der Waals surface area contributed by atoms with Crippen molar-refractivity contribution in [2.75, 3.05) is 45.0 Å². The molecular weight excluding hydrogens is 1570 g/mol. The molecule has 40 heteroatoms. The number of carboxylic acid groups (broad SMARTS) is 2. The average molecular weight is 1630 g/mol. The first-order valence-corrected chi connectivity index (χ1v) is 36.2. The molecule has 0 unspecified atom stereocenters. The zero-order valence-electron chi connectivity index (χ0n) is 55.0. The predicted molar refractivity (Wildman–Crippen MR) is 377 cm³/mol. The van der Waals surface area contributed by atoms with E-state index in [1.807, 2.05) is 16.4 Å². The summed E-state index contributed by atoms with van der Waals surface area (Å²) in [5.41, 5.74) is -3.29. The molecule has 105 heavy (non-hydrogen) atoms. The van der Waals surface area contributed by atoms with Gasteiger partial charge in [-0.05, 0) is 107 Å². The second-order valence-electron chi connectivity index (χ2n) is 19.4. The van der Waals surface area contributed by atoms with Crippen molar-refractivity contribution in [1.82, 2.24) is 30.6 Å². The summed E-state index contributed by atoms with van der Waals surface area (Å²) in [6, 6.07) is 12.7. The van der Waals surface area contributed by atoms with E-state index >= 15 is 0 Å². The van der Waals surface area contributed by atoms with Crippen LogP contribution in [0.5, 0.6) is 0 Å². The molecule has 4 aromatic heterocycles. The van der Waals surface area contributed by atoms with Gasteiger partial charge in [-0.2, -0.15) is 58.4 Å². The van der Waals surface area contributed by atoms with Crippen LogP contribution in [0.25, 0.3) is 24.3 Å². The summed E-state index contributed by atoms with van der Waals surface area (Å²) in [5, 5.41) is 21.8. The minimum atomic E-state index is -4.58. The number of amides is 2. The molecule has 4 heterocycles. The number of carboxylic acids is 2. The Hall–Kier alpha value is -7.79. The van der Waals surface area contributed by atoms with Crippen LogP contribution in [-0.4, -0.2) is 106 Å². The second kappa shape index (κ2) is 45.0. The SMILES string of the molecule is C.C#Cc1cc(CNC(=O)/C=C/c2ccc(C(F)(F)F)nc2SCC)cc(F)c1NS(C)(=O)=O.C#Cc1cc(CNC(=O)/C=C/c2ccc(C(F)(F)F)nc2SCC)cc(F)c1NS(C)(=O)=O.CCSc1nc(C(F)(F)F)ccc1/C=C/C(=O)O.CC[S-].O=C(O)/C=C/c1ccc(C(F)(F)F)nc1Cl.[Na+]. The molecule has 0 fully saturated rings. The Morgan fingerprint density at radius 2 is 0.781 bits per heavy atom. The molecule has 0 spiro atoms. The first-order chi connectivity index (χ1) is 47.7. The Labute approximate surface area is 640 Å². The molecule has 0 saturated carbocycles. The Balaban J connectivity index is 0.00000140. The fraction of sp³-hybridized carbons (Fsp3) is 0.262. The van der Waals surface area contributed by atoms with Gasteiger partial charge in [0, 0.05) is 59.6 Å². The molecule has 0 aliphatic heterocycles. The predicted octanol–water partition coefficient (Wildman–Crippen LogP) is 12.4. The number of rotatable bonds is 22. The minimum absolute atomic E-state index is 0. The number of anilines is 2. The Morgan fingerprint density at radius 1 is 0.514 bits per heavy atom. The molecule has 564 valence electrons. The fourth-order valence-corrected chi connectivity index (χ4v) is 10.8. The number of aromatic nitrogens is 4. The molecule has 0 radical (unpaired) electrons. The van der Waals surface area contributed by atoms with Gasteiger partial charge in [0.25, 0.3) is 0 Å². The Kier molecular flexibility index (Phi) is 41.7. The zero-order chi connectivity index (χ0) is 78.4. The first-order valence-electron chi connectivity index (χ1n) is 28.5. The van der Waals surface area contributed by atoms with Crippen molar-refractivity contribution >= 4 is 139 Å². The van der Waals surface area contributed by atoms with Crippen LogP contribution in [0.2, 0.25) is 5.15 Å². The number of carbonyl (C=O) groups excluding carboxylic acids is 2. The van der Waals surface area contributed by atoms with Crippen molar-refractivity contribution in [3.8, 4) is 24.7 Å². The summed E-state index contributed by atoms with van der Waals surface area (Å²) in [6.07, 6.45) is 2.91. The number of pyridine rings is 4. The molecule has 0 aliphatic rings. The molecule has 2 aromatic carbocycles. The molecule has 0 atom stereocenters. The van der Waals surface area contributed by atoms with Crippen LogP contribution in [0.15, 0.2) is 112 Å². The van der Waals surface area contributed by atoms with Gasteiger partial charge < -0.3 is 33.5 Å². The minimum Gasteiger partial charge on any atom is -0.793 e. The molecule has 6 N–H and O–H groups in total. The maximum atomic E-state index is 14.3. The van der Waals surface area contributed by atoms with Gasteiger partial charge in [-0.3, -0.25) is 19.0 Å². The maximum absolute atomic E-state index is 14.3. The number of alkyl halides is 12. The van der Waals surface area contributed by atoms with Gasteiger partial charge in [-0.1, -0.05) is 76.8 Å². The van der Waals surface area contributed by atoms with E-state index in [-0.39, 0.29) is 104 Å². The largest absolute Gasteiger partial charge is 1.00 e. The number of terminal acetylenes is 2. The van der Waals surface area contributed by atoms with Gasteiger partial charge in [0.15, 0.2) is 0 Å². The summed E-state index contributed by atoms with van der Waals surface area (Å²) in [4.78, 5) is 58.7. The summed E-state index contributed by atoms with van der Waals surface area (Å²) in [5.74, 6) is 1.31. The Bertz CT molecular complexity index is 4250. The van der Waals surface area contributed by atoms with E-state index in [0.717, 1.165) is 126 Å². The van der Waals surface area contributed by atoms with Crippen LogP contribution in [0.4, 0.5) is 72.8 Å². The smallest absolute Gasteiger partial charge is 0.793 e. The van der Waals surface area contributed by atoms with E-state index in [1.54, 1.807) is 20.8 Å². The van der Waals surface area contributed by atoms with Crippen molar-refractivity contribution in [1.29, 1.82) is 0 Å². The molecule has 0 aliphatic carbocycles. The third kappa shape index (κ3) is 36.4. The number of benzene rings is 2. The quantitative estimate of drug-likeness (QED) is 0.00701. The normalized spacial score (nSPS) is 11.5. The number of sulfonamides is 2. The van der Waals surface area contributed by atoms with E-state index in [2.05, 4.69) is 55.0 Å². The number of aliphatic carboxylic acids is 2. The standard InChI is InChI=1S/2C21H19F4N3O3S2.C11H10F3NO2S.C9H5ClF3NO2.C2H6S.CH4.Na/c2*1-4-14-10-13(11-16(22)19(14)28-33(3,30)31)12-26-18(29)9-7-15-6-8-17(21(23,24)25)27-20(15)32-5-2;1-2-18-10-7(4-6-9(16)17)3-5-8(15-10)11(12,13)14;10-8-5(2-4-7(15)16)1-3-6(14-8)9(11,12)13;1-2-3;;/h2*1,6-11,28H,5,12H2,2-3H3,(H,26,29);3-6H,2H2,1H3,(H,16,17);1-4H,(H,15,16);3H,2H2,1H3;1H4;/q;;;;;;+1/p-1/b2*9-7+;6-4+;4-2+;;;. The van der Waals surface area contributed by atoms with Crippen LogP contribution in [-0.2, 0) is 89.6 Å². The number of carbonyl (C=O) groups is 4. The third-order valence-electron chi connectivity index (χ3n) is 11.3. The first kappa shape index (κ1) is 97.2. The number of nitrogens with zero attached hydrogens (tertiary/aromatic N) is 4. The molecule has 6 rings (SSSR count). The van der Waals surface area contributed by atoms with E-state index < -0.39 is 108 Å². The number of thioether (sulfide) groups is 3. The summed E-state index contributed by atoms with van der Waals surface area (Å²) in [7, 11) is -7.51. The van der Waals surface area contributed by atoms with Crippen LogP contribution < -0.4 is 49.6 Å². The number of nitrogens with one attached hydrogen (secondary N) is 4. The molecule has 0 saturated heterocycles. The zero-order valence-corrected chi connectivity index (χ0v) is 62.7. The molecule has 6 aromatic rings. The summed E-state index contributed by atoms with van der Waals surface area (Å²) >= 11 is 13.2. The number of hydrogen-bond donors (Lipinski definition) is 6. The van der Waals surface area contributed by atoms with Gasteiger partial charge in [-0.25, -0.2) is 55.1 Å². The van der Waals surface area contributed by atoms with Gasteiger partial charge in [0.2, 0.25) is 31.9 Å². The Morgan fingerprint density at radius 3 is 1.03 bits per heavy atom. The van der Waals surface area contributed by atoms with E-state index in [0.29, 0.717) is 33.9 Å². The van der Waals surface area contributed by atoms with Gasteiger partial charge >= 0.3 is 66.2 Å². The van der Waals surface area contributed by atoms with Crippen LogP contribution >= 0.6 is 46.9 Å². The van der Waals surface area contributed by atoms with Gasteiger partial charge in [0.1, 0.15) is 54.6 Å². The number of hydrogen-bond acceptors (Lipinski definition) is 16. The van der Waals surface area contributed by atoms with Gasteiger partial charge in [0.05, 0.1) is 35.0 Å². The fourth-order valence-electron chi connectivity index (χ4n) is 7.18. The van der Waals surface area contributed by atoms with E-state index in [1.165, 1.54) is 48.6 Å². The average Bonchev–Trinajstić information content (AvgIpc) is 0.672. The van der Waals surface area contributed by atoms with Gasteiger partial charge in [-0.15, -0.1) is 48.1 Å².